The van der Waals surface area contributed by atoms with Gasteiger partial charge in [0.25, 0.3) is 11.2 Å². The minimum absolute atomic E-state index is 0.00834. The van der Waals surface area contributed by atoms with Gasteiger partial charge in [0.15, 0.2) is 11.6 Å². The fraction of sp³-hybridized carbons (Fsp3) is 0.0345. The van der Waals surface area contributed by atoms with Crippen molar-refractivity contribution in [2.75, 3.05) is 0 Å². The Labute approximate surface area is 237 Å². The second kappa shape index (κ2) is 11.1. The molecule has 0 unspecified atom stereocenters. The van der Waals surface area contributed by atoms with Gasteiger partial charge >= 0.3 is 0 Å². The monoisotopic (exact) mass is 560 g/mol. The molecule has 0 fully saturated rings. The minimum Gasteiger partial charge on any atom is -0.337 e. The van der Waals surface area contributed by atoms with Crippen LogP contribution in [0.5, 0.6) is 0 Å². The normalized spacial score (nSPS) is 11.5. The summed E-state index contributed by atoms with van der Waals surface area (Å²) in [6.45, 7) is 1.62. The Balaban J connectivity index is 1.78. The molecule has 0 radical (unpaired) electrons. The summed E-state index contributed by atoms with van der Waals surface area (Å²) in [7, 11) is 0. The molecule has 1 N–H and O–H groups in total. The van der Waals surface area contributed by atoms with E-state index in [1.807, 2.05) is 30.3 Å². The molecule has 0 spiro atoms. The number of benzene rings is 3. The molecule has 3 aromatic carbocycles. The number of nitriles is 2. The Morgan fingerprint density at radius 1 is 1.05 bits per heavy atom. The molecule has 0 bridgehead atoms. The Morgan fingerprint density at radius 2 is 1.73 bits per heavy atom. The molecular formula is C29H17ClN8O3. The van der Waals surface area contributed by atoms with Gasteiger partial charge in [-0.15, -0.1) is 0 Å². The van der Waals surface area contributed by atoms with Gasteiger partial charge in [-0.3, -0.25) is 14.9 Å². The number of rotatable bonds is 6. The third kappa shape index (κ3) is 5.21. The highest BCUT2D eigenvalue weighted by Gasteiger charge is 2.24. The number of aliphatic imine (C=N–C) groups is 1. The largest absolute Gasteiger partial charge is 0.337 e. The number of pyridine rings is 1. The number of halogens is 1. The van der Waals surface area contributed by atoms with Crippen molar-refractivity contribution < 1.29 is 4.92 Å². The lowest BCUT2D eigenvalue weighted by Crippen LogP contribution is -2.23. The SMILES string of the molecule is C/C(=N\n1c(/N=C/c2ccc(Cl)cc2)c(C#N)c(-c2ccc([N+](=O)[O-])cc2)c(C#N)c1=O)c1nc2ccccc2[nH]1. The number of fused-ring (bicyclic) bond motifs is 1. The average Bonchev–Trinajstić information content (AvgIpc) is 3.42. The molecular weight excluding hydrogens is 544 g/mol. The molecule has 11 nitrogen and oxygen atoms in total. The molecule has 2 aromatic heterocycles. The standard InChI is InChI=1S/C29H17ClN8O3/c1-17(27-34-24-4-2-3-5-25(24)35-27)36-37-28(33-16-18-6-10-20(30)11-7-18)22(14-31)26(23(15-32)29(37)39)19-8-12-21(13-9-19)38(40)41/h2-13,16H,1H3,(H,34,35)/b33-16+,36-17+. The van der Waals surface area contributed by atoms with Crippen LogP contribution >= 0.6 is 11.6 Å². The molecule has 0 aliphatic carbocycles. The highest BCUT2D eigenvalue weighted by Crippen LogP contribution is 2.33. The van der Waals surface area contributed by atoms with E-state index < -0.39 is 10.5 Å². The number of para-hydroxylation sites is 2. The Kier molecular flexibility index (Phi) is 7.20. The van der Waals surface area contributed by atoms with E-state index in [1.165, 1.54) is 30.5 Å². The zero-order chi connectivity index (χ0) is 29.1. The van der Waals surface area contributed by atoms with Crippen molar-refractivity contribution in [1.82, 2.24) is 14.6 Å². The summed E-state index contributed by atoms with van der Waals surface area (Å²) < 4.78 is 0.890. The number of hydrogen-bond acceptors (Lipinski definition) is 8. The van der Waals surface area contributed by atoms with Crippen molar-refractivity contribution >= 4 is 46.1 Å². The molecule has 0 saturated carbocycles. The van der Waals surface area contributed by atoms with E-state index in [2.05, 4.69) is 26.1 Å². The van der Waals surface area contributed by atoms with Crippen LogP contribution in [-0.2, 0) is 0 Å². The maximum absolute atomic E-state index is 13.7. The highest BCUT2D eigenvalue weighted by atomic mass is 35.5. The van der Waals surface area contributed by atoms with Crippen LogP contribution < -0.4 is 5.56 Å². The first-order valence-electron chi connectivity index (χ1n) is 12.0. The molecule has 0 aliphatic heterocycles. The molecule has 0 aliphatic rings. The van der Waals surface area contributed by atoms with E-state index in [0.717, 1.165) is 10.2 Å². The third-order valence-electron chi connectivity index (χ3n) is 6.11. The van der Waals surface area contributed by atoms with Crippen molar-refractivity contribution in [2.24, 2.45) is 10.1 Å². The number of nitro groups is 1. The van der Waals surface area contributed by atoms with Crippen LogP contribution in [0.1, 0.15) is 29.4 Å². The molecule has 41 heavy (non-hydrogen) atoms. The van der Waals surface area contributed by atoms with Crippen molar-refractivity contribution in [1.29, 1.82) is 10.5 Å². The van der Waals surface area contributed by atoms with Gasteiger partial charge in [0.05, 0.1) is 16.0 Å². The molecule has 198 valence electrons. The lowest BCUT2D eigenvalue weighted by molar-refractivity contribution is -0.384. The van der Waals surface area contributed by atoms with Gasteiger partial charge in [0, 0.05) is 28.9 Å². The zero-order valence-corrected chi connectivity index (χ0v) is 22.0. The van der Waals surface area contributed by atoms with Gasteiger partial charge in [-0.1, -0.05) is 35.9 Å². The average molecular weight is 561 g/mol. The predicted octanol–water partition coefficient (Wildman–Crippen LogP) is 5.72. The lowest BCUT2D eigenvalue weighted by atomic mass is 9.96. The van der Waals surface area contributed by atoms with Gasteiger partial charge in [-0.05, 0) is 54.4 Å². The Morgan fingerprint density at radius 3 is 2.37 bits per heavy atom. The van der Waals surface area contributed by atoms with Crippen molar-refractivity contribution in [3.05, 3.63) is 121 Å². The number of nitrogens with one attached hydrogen (secondary N) is 1. The highest BCUT2D eigenvalue weighted by molar-refractivity contribution is 6.30. The van der Waals surface area contributed by atoms with Crippen molar-refractivity contribution in [3.8, 4) is 23.3 Å². The topological polar surface area (TPSA) is 166 Å². The van der Waals surface area contributed by atoms with Crippen LogP contribution in [0.3, 0.4) is 0 Å². The number of aromatic nitrogens is 3. The Hall–Kier alpha value is -5.91. The van der Waals surface area contributed by atoms with Crippen molar-refractivity contribution in [2.45, 2.75) is 6.92 Å². The summed E-state index contributed by atoms with van der Waals surface area (Å²) in [6, 6.07) is 23.2. The fourth-order valence-corrected chi connectivity index (χ4v) is 4.24. The molecule has 0 saturated heterocycles. The summed E-state index contributed by atoms with van der Waals surface area (Å²) >= 11 is 5.99. The number of imidazole rings is 1. The van der Waals surface area contributed by atoms with Gasteiger partial charge in [-0.2, -0.15) is 20.3 Å². The van der Waals surface area contributed by atoms with E-state index in [1.54, 1.807) is 31.2 Å². The molecule has 5 aromatic rings. The second-order valence-electron chi connectivity index (χ2n) is 8.69. The van der Waals surface area contributed by atoms with E-state index in [9.17, 15) is 25.4 Å². The summed E-state index contributed by atoms with van der Waals surface area (Å²) in [5.41, 5.74) is 1.09. The number of non-ortho nitro benzene ring substituents is 1. The van der Waals surface area contributed by atoms with Gasteiger partial charge in [0.2, 0.25) is 0 Å². The summed E-state index contributed by atoms with van der Waals surface area (Å²) in [6.07, 6.45) is 1.43. The van der Waals surface area contributed by atoms with Crippen LogP contribution in [0.25, 0.3) is 22.2 Å². The van der Waals surface area contributed by atoms with E-state index in [-0.39, 0.29) is 33.8 Å². The summed E-state index contributed by atoms with van der Waals surface area (Å²) in [4.78, 5) is 36.4. The van der Waals surface area contributed by atoms with Crippen LogP contribution in [0.15, 0.2) is 87.7 Å². The van der Waals surface area contributed by atoms with E-state index in [0.29, 0.717) is 27.6 Å². The number of hydrogen-bond donors (Lipinski definition) is 1. The number of H-pyrrole nitrogens is 1. The maximum Gasteiger partial charge on any atom is 0.291 e. The first kappa shape index (κ1) is 26.7. The quantitative estimate of drug-likeness (QED) is 0.158. The lowest BCUT2D eigenvalue weighted by Gasteiger charge is -2.13. The maximum atomic E-state index is 13.7. The van der Waals surface area contributed by atoms with Crippen LogP contribution in [-0.4, -0.2) is 31.5 Å². The van der Waals surface area contributed by atoms with Crippen LogP contribution in [0.2, 0.25) is 5.02 Å². The number of aromatic amines is 1. The first-order valence-corrected chi connectivity index (χ1v) is 12.4. The summed E-state index contributed by atoms with van der Waals surface area (Å²) in [5.74, 6) is 0.234. The smallest absolute Gasteiger partial charge is 0.291 e. The predicted molar refractivity (Wildman–Crippen MR) is 155 cm³/mol. The van der Waals surface area contributed by atoms with E-state index in [4.69, 9.17) is 11.6 Å². The van der Waals surface area contributed by atoms with Crippen LogP contribution in [0.4, 0.5) is 11.5 Å². The third-order valence-corrected chi connectivity index (χ3v) is 6.36. The fourth-order valence-electron chi connectivity index (χ4n) is 4.12. The zero-order valence-electron chi connectivity index (χ0n) is 21.2. The Bertz CT molecular complexity index is 1990. The van der Waals surface area contributed by atoms with Gasteiger partial charge < -0.3 is 4.98 Å². The molecule has 5 rings (SSSR count). The minimum atomic E-state index is -0.835. The molecule has 2 heterocycles. The van der Waals surface area contributed by atoms with E-state index >= 15 is 0 Å². The first-order chi connectivity index (χ1) is 19.8. The molecule has 12 heteroatoms. The van der Waals surface area contributed by atoms with Crippen LogP contribution in [0, 0.1) is 32.8 Å². The summed E-state index contributed by atoms with van der Waals surface area (Å²) in [5, 5.41) is 36.4. The molecule has 0 atom stereocenters. The molecule has 0 amide bonds. The van der Waals surface area contributed by atoms with Gasteiger partial charge in [-0.25, -0.2) is 9.98 Å². The van der Waals surface area contributed by atoms with Gasteiger partial charge in [0.1, 0.15) is 29.0 Å². The second-order valence-corrected chi connectivity index (χ2v) is 9.13. The number of nitrogens with zero attached hydrogens (tertiary/aromatic N) is 7. The number of nitro benzene ring substituents is 1. The van der Waals surface area contributed by atoms with Crippen molar-refractivity contribution in [3.63, 3.8) is 0 Å².